The van der Waals surface area contributed by atoms with Gasteiger partial charge in [-0.2, -0.15) is 0 Å². The number of hydrogen-bond acceptors (Lipinski definition) is 3. The van der Waals surface area contributed by atoms with Crippen molar-refractivity contribution >= 4 is 21.6 Å². The van der Waals surface area contributed by atoms with Crippen LogP contribution < -0.4 is 4.90 Å². The molecular weight excluding hydrogens is 270 g/mol. The molecule has 0 spiro atoms. The summed E-state index contributed by atoms with van der Waals surface area (Å²) in [4.78, 5) is 1.94. The Hall–Kier alpha value is -0.580. The molecule has 90 valence electrons. The van der Waals surface area contributed by atoms with Crippen molar-refractivity contribution < 1.29 is 10.2 Å². The number of anilines is 1. The average Bonchev–Trinajstić information content (AvgIpc) is 2.14. The van der Waals surface area contributed by atoms with Gasteiger partial charge < -0.3 is 15.1 Å². The normalized spacial score (nSPS) is 11.6. The van der Waals surface area contributed by atoms with E-state index < -0.39 is 5.60 Å². The van der Waals surface area contributed by atoms with Crippen LogP contribution in [-0.4, -0.2) is 29.4 Å². The predicted molar refractivity (Wildman–Crippen MR) is 69.6 cm³/mol. The fourth-order valence-electron chi connectivity index (χ4n) is 1.72. The van der Waals surface area contributed by atoms with Crippen LogP contribution in [-0.2, 0) is 6.61 Å². The number of rotatable bonds is 4. The van der Waals surface area contributed by atoms with E-state index in [-0.39, 0.29) is 6.61 Å². The van der Waals surface area contributed by atoms with Crippen LogP contribution in [0.25, 0.3) is 0 Å². The molecule has 0 saturated carbocycles. The summed E-state index contributed by atoms with van der Waals surface area (Å²) in [5, 5.41) is 19.0. The molecule has 0 radical (unpaired) electrons. The van der Waals surface area contributed by atoms with Gasteiger partial charge in [-0.1, -0.05) is 15.9 Å². The van der Waals surface area contributed by atoms with Gasteiger partial charge in [0.15, 0.2) is 0 Å². The minimum absolute atomic E-state index is 0.00896. The molecule has 0 aliphatic carbocycles. The first-order valence-electron chi connectivity index (χ1n) is 5.16. The molecule has 0 aliphatic heterocycles. The second kappa shape index (κ2) is 5.17. The number of benzene rings is 1. The van der Waals surface area contributed by atoms with Crippen LogP contribution in [0.5, 0.6) is 0 Å². The first kappa shape index (κ1) is 13.5. The summed E-state index contributed by atoms with van der Waals surface area (Å²) in [7, 11) is 1.90. The molecule has 1 rings (SSSR count). The third-order valence-electron chi connectivity index (χ3n) is 2.25. The number of halogens is 1. The lowest BCUT2D eigenvalue weighted by Gasteiger charge is -2.28. The summed E-state index contributed by atoms with van der Waals surface area (Å²) >= 11 is 3.37. The first-order chi connectivity index (χ1) is 7.33. The van der Waals surface area contributed by atoms with Gasteiger partial charge in [0.25, 0.3) is 0 Å². The van der Waals surface area contributed by atoms with Crippen molar-refractivity contribution in [1.82, 2.24) is 0 Å². The zero-order chi connectivity index (χ0) is 12.3. The topological polar surface area (TPSA) is 43.7 Å². The van der Waals surface area contributed by atoms with Crippen molar-refractivity contribution in [2.75, 3.05) is 18.5 Å². The van der Waals surface area contributed by atoms with E-state index in [1.165, 1.54) is 0 Å². The molecule has 0 fully saturated rings. The average molecular weight is 288 g/mol. The lowest BCUT2D eigenvalue weighted by atomic mass is 10.1. The zero-order valence-electron chi connectivity index (χ0n) is 9.87. The molecule has 0 aromatic heterocycles. The second-order valence-corrected chi connectivity index (χ2v) is 5.52. The maximum Gasteiger partial charge on any atom is 0.0765 e. The predicted octanol–water partition coefficient (Wildman–Crippen LogP) is 2.15. The standard InChI is InChI=1S/C12H18BrNO2/c1-12(2,16)8-14(3)11-5-4-10(13)6-9(11)7-15/h4-6,15-16H,7-8H2,1-3H3. The van der Waals surface area contributed by atoms with Gasteiger partial charge in [0.1, 0.15) is 0 Å². The third kappa shape index (κ3) is 3.77. The highest BCUT2D eigenvalue weighted by atomic mass is 79.9. The molecule has 1 aromatic rings. The van der Waals surface area contributed by atoms with E-state index in [1.54, 1.807) is 13.8 Å². The number of likely N-dealkylation sites (N-methyl/N-ethyl adjacent to an activating group) is 1. The van der Waals surface area contributed by atoms with Crippen molar-refractivity contribution in [2.45, 2.75) is 26.1 Å². The van der Waals surface area contributed by atoms with Gasteiger partial charge in [-0.15, -0.1) is 0 Å². The molecule has 0 atom stereocenters. The number of aliphatic hydroxyl groups is 2. The van der Waals surface area contributed by atoms with Crippen molar-refractivity contribution in [3.63, 3.8) is 0 Å². The molecule has 2 N–H and O–H groups in total. The summed E-state index contributed by atoms with van der Waals surface area (Å²) in [6, 6.07) is 5.74. The Balaban J connectivity index is 2.94. The van der Waals surface area contributed by atoms with Gasteiger partial charge in [-0.25, -0.2) is 0 Å². The molecule has 0 heterocycles. The molecule has 0 aliphatic rings. The van der Waals surface area contributed by atoms with E-state index >= 15 is 0 Å². The smallest absolute Gasteiger partial charge is 0.0765 e. The van der Waals surface area contributed by atoms with Crippen LogP contribution in [0.2, 0.25) is 0 Å². The molecule has 3 nitrogen and oxygen atoms in total. The quantitative estimate of drug-likeness (QED) is 0.892. The molecular formula is C12H18BrNO2. The lowest BCUT2D eigenvalue weighted by Crippen LogP contribution is -2.36. The SMILES string of the molecule is CN(CC(C)(C)O)c1ccc(Br)cc1CO. The Morgan fingerprint density at radius 2 is 2.00 bits per heavy atom. The van der Waals surface area contributed by atoms with Crippen LogP contribution in [0.15, 0.2) is 22.7 Å². The van der Waals surface area contributed by atoms with Crippen LogP contribution in [0, 0.1) is 0 Å². The van der Waals surface area contributed by atoms with Crippen LogP contribution in [0.4, 0.5) is 5.69 Å². The van der Waals surface area contributed by atoms with Crippen molar-refractivity contribution in [2.24, 2.45) is 0 Å². The molecule has 16 heavy (non-hydrogen) atoms. The minimum Gasteiger partial charge on any atom is -0.392 e. The van der Waals surface area contributed by atoms with E-state index in [0.29, 0.717) is 6.54 Å². The highest BCUT2D eigenvalue weighted by Crippen LogP contribution is 2.24. The Labute approximate surface area is 105 Å². The molecule has 4 heteroatoms. The van der Waals surface area contributed by atoms with Crippen LogP contribution >= 0.6 is 15.9 Å². The van der Waals surface area contributed by atoms with Crippen molar-refractivity contribution in [3.05, 3.63) is 28.2 Å². The zero-order valence-corrected chi connectivity index (χ0v) is 11.5. The van der Waals surface area contributed by atoms with Crippen LogP contribution in [0.3, 0.4) is 0 Å². The molecule has 0 unspecified atom stereocenters. The largest absolute Gasteiger partial charge is 0.392 e. The Kier molecular flexibility index (Phi) is 4.35. The van der Waals surface area contributed by atoms with E-state index in [1.807, 2.05) is 30.1 Å². The van der Waals surface area contributed by atoms with E-state index in [4.69, 9.17) is 0 Å². The van der Waals surface area contributed by atoms with E-state index in [0.717, 1.165) is 15.7 Å². The Bertz CT molecular complexity index is 361. The van der Waals surface area contributed by atoms with Gasteiger partial charge >= 0.3 is 0 Å². The number of nitrogens with zero attached hydrogens (tertiary/aromatic N) is 1. The second-order valence-electron chi connectivity index (χ2n) is 4.60. The highest BCUT2D eigenvalue weighted by Gasteiger charge is 2.17. The minimum atomic E-state index is -0.755. The monoisotopic (exact) mass is 287 g/mol. The summed E-state index contributed by atoms with van der Waals surface area (Å²) < 4.78 is 0.942. The van der Waals surface area contributed by atoms with Gasteiger partial charge in [0.2, 0.25) is 0 Å². The van der Waals surface area contributed by atoms with Crippen LogP contribution in [0.1, 0.15) is 19.4 Å². The Morgan fingerprint density at radius 3 is 2.50 bits per heavy atom. The van der Waals surface area contributed by atoms with Crippen molar-refractivity contribution in [3.8, 4) is 0 Å². The molecule has 0 saturated heterocycles. The van der Waals surface area contributed by atoms with E-state index in [9.17, 15) is 10.2 Å². The summed E-state index contributed by atoms with van der Waals surface area (Å²) in [6.07, 6.45) is 0. The summed E-state index contributed by atoms with van der Waals surface area (Å²) in [5.41, 5.74) is 1.03. The summed E-state index contributed by atoms with van der Waals surface area (Å²) in [6.45, 7) is 4.04. The fourth-order valence-corrected chi connectivity index (χ4v) is 2.13. The molecule has 0 bridgehead atoms. The lowest BCUT2D eigenvalue weighted by molar-refractivity contribution is 0.0885. The summed E-state index contributed by atoms with van der Waals surface area (Å²) in [5.74, 6) is 0. The van der Waals surface area contributed by atoms with Gasteiger partial charge in [0.05, 0.1) is 12.2 Å². The number of hydrogen-bond donors (Lipinski definition) is 2. The molecule has 1 aromatic carbocycles. The van der Waals surface area contributed by atoms with Gasteiger partial charge in [-0.3, -0.25) is 0 Å². The highest BCUT2D eigenvalue weighted by molar-refractivity contribution is 9.10. The van der Waals surface area contributed by atoms with E-state index in [2.05, 4.69) is 15.9 Å². The maximum absolute atomic E-state index is 9.75. The maximum atomic E-state index is 9.75. The third-order valence-corrected chi connectivity index (χ3v) is 2.74. The fraction of sp³-hybridized carbons (Fsp3) is 0.500. The van der Waals surface area contributed by atoms with Crippen molar-refractivity contribution in [1.29, 1.82) is 0 Å². The first-order valence-corrected chi connectivity index (χ1v) is 5.95. The van der Waals surface area contributed by atoms with Gasteiger partial charge in [-0.05, 0) is 32.0 Å². The number of aliphatic hydroxyl groups excluding tert-OH is 1. The molecule has 0 amide bonds. The Morgan fingerprint density at radius 1 is 1.38 bits per heavy atom. The van der Waals surface area contributed by atoms with Gasteiger partial charge in [0, 0.05) is 29.3 Å².